The van der Waals surface area contributed by atoms with E-state index in [-0.39, 0.29) is 12.7 Å². The number of hydrogen-bond acceptors (Lipinski definition) is 4. The lowest BCUT2D eigenvalue weighted by molar-refractivity contribution is 0.0950. The number of ether oxygens (including phenoxy) is 2. The molecule has 1 aromatic carbocycles. The molecule has 2 N–H and O–H groups in total. The SMILES string of the molecule is O=C(NCCC1CCCNC1)c1ccc2c(c1)OCO2. The van der Waals surface area contributed by atoms with Crippen LogP contribution in [0.3, 0.4) is 0 Å². The Morgan fingerprint density at radius 2 is 2.25 bits per heavy atom. The Bertz CT molecular complexity index is 484. The first-order chi connectivity index (χ1) is 9.83. The van der Waals surface area contributed by atoms with Gasteiger partial charge in [-0.3, -0.25) is 4.79 Å². The molecule has 1 saturated heterocycles. The van der Waals surface area contributed by atoms with Gasteiger partial charge in [0, 0.05) is 12.1 Å². The maximum atomic E-state index is 12.1. The number of piperidine rings is 1. The Kier molecular flexibility index (Phi) is 4.06. The van der Waals surface area contributed by atoms with Gasteiger partial charge >= 0.3 is 0 Å². The van der Waals surface area contributed by atoms with Crippen LogP contribution in [0.25, 0.3) is 0 Å². The van der Waals surface area contributed by atoms with E-state index in [1.54, 1.807) is 18.2 Å². The first-order valence-electron chi connectivity index (χ1n) is 7.21. The third-order valence-corrected chi connectivity index (χ3v) is 3.87. The van der Waals surface area contributed by atoms with E-state index in [0.717, 1.165) is 26.1 Å². The predicted molar refractivity (Wildman–Crippen MR) is 75.1 cm³/mol. The van der Waals surface area contributed by atoms with Gasteiger partial charge in [-0.15, -0.1) is 0 Å². The van der Waals surface area contributed by atoms with Crippen LogP contribution < -0.4 is 20.1 Å². The second-order valence-electron chi connectivity index (χ2n) is 5.32. The first kappa shape index (κ1) is 13.2. The fraction of sp³-hybridized carbons (Fsp3) is 0.533. The van der Waals surface area contributed by atoms with Crippen molar-refractivity contribution in [2.75, 3.05) is 26.4 Å². The zero-order chi connectivity index (χ0) is 13.8. The molecule has 1 atom stereocenters. The average molecular weight is 276 g/mol. The Morgan fingerprint density at radius 3 is 3.10 bits per heavy atom. The number of amides is 1. The highest BCUT2D eigenvalue weighted by Gasteiger charge is 2.17. The molecule has 0 saturated carbocycles. The van der Waals surface area contributed by atoms with Crippen LogP contribution in [0.2, 0.25) is 0 Å². The van der Waals surface area contributed by atoms with Crippen LogP contribution in [0.4, 0.5) is 0 Å². The van der Waals surface area contributed by atoms with Crippen LogP contribution in [-0.4, -0.2) is 32.3 Å². The highest BCUT2D eigenvalue weighted by molar-refractivity contribution is 5.94. The zero-order valence-electron chi connectivity index (χ0n) is 11.5. The summed E-state index contributed by atoms with van der Waals surface area (Å²) in [7, 11) is 0. The van der Waals surface area contributed by atoms with Crippen molar-refractivity contribution in [3.05, 3.63) is 23.8 Å². The quantitative estimate of drug-likeness (QED) is 0.875. The van der Waals surface area contributed by atoms with Crippen LogP contribution in [0, 0.1) is 5.92 Å². The minimum atomic E-state index is -0.0490. The molecule has 20 heavy (non-hydrogen) atoms. The summed E-state index contributed by atoms with van der Waals surface area (Å²) in [6.45, 7) is 3.15. The van der Waals surface area contributed by atoms with Crippen LogP contribution in [0.1, 0.15) is 29.6 Å². The second-order valence-corrected chi connectivity index (χ2v) is 5.32. The van der Waals surface area contributed by atoms with E-state index in [4.69, 9.17) is 9.47 Å². The molecule has 0 bridgehead atoms. The molecule has 108 valence electrons. The highest BCUT2D eigenvalue weighted by atomic mass is 16.7. The number of fused-ring (bicyclic) bond motifs is 1. The molecule has 0 radical (unpaired) electrons. The van der Waals surface area contributed by atoms with Crippen LogP contribution in [0.5, 0.6) is 11.5 Å². The van der Waals surface area contributed by atoms with E-state index in [0.29, 0.717) is 23.0 Å². The van der Waals surface area contributed by atoms with E-state index in [9.17, 15) is 4.79 Å². The minimum absolute atomic E-state index is 0.0490. The summed E-state index contributed by atoms with van der Waals surface area (Å²) in [5, 5.41) is 6.36. The van der Waals surface area contributed by atoms with Crippen molar-refractivity contribution < 1.29 is 14.3 Å². The highest BCUT2D eigenvalue weighted by Crippen LogP contribution is 2.32. The fourth-order valence-electron chi connectivity index (χ4n) is 2.70. The lowest BCUT2D eigenvalue weighted by atomic mass is 9.96. The molecule has 0 aromatic heterocycles. The molecule has 1 amide bonds. The van der Waals surface area contributed by atoms with Gasteiger partial charge < -0.3 is 20.1 Å². The predicted octanol–water partition coefficient (Wildman–Crippen LogP) is 1.53. The lowest BCUT2D eigenvalue weighted by Gasteiger charge is -2.22. The molecular formula is C15H20N2O3. The van der Waals surface area contributed by atoms with Gasteiger partial charge in [-0.25, -0.2) is 0 Å². The van der Waals surface area contributed by atoms with Crippen LogP contribution in [0.15, 0.2) is 18.2 Å². The largest absolute Gasteiger partial charge is 0.454 e. The molecule has 3 rings (SSSR count). The maximum absolute atomic E-state index is 12.1. The van der Waals surface area contributed by atoms with E-state index in [1.807, 2.05) is 0 Å². The Labute approximate surface area is 118 Å². The summed E-state index contributed by atoms with van der Waals surface area (Å²) in [4.78, 5) is 12.1. The topological polar surface area (TPSA) is 59.6 Å². The van der Waals surface area contributed by atoms with Gasteiger partial charge in [0.1, 0.15) is 0 Å². The van der Waals surface area contributed by atoms with Crippen molar-refractivity contribution in [1.29, 1.82) is 0 Å². The van der Waals surface area contributed by atoms with Crippen molar-refractivity contribution in [2.24, 2.45) is 5.92 Å². The Balaban J connectivity index is 1.49. The van der Waals surface area contributed by atoms with Crippen molar-refractivity contribution in [2.45, 2.75) is 19.3 Å². The van der Waals surface area contributed by atoms with Crippen molar-refractivity contribution in [1.82, 2.24) is 10.6 Å². The number of hydrogen-bond donors (Lipinski definition) is 2. The average Bonchev–Trinajstić information content (AvgIpc) is 2.95. The molecule has 0 aliphatic carbocycles. The number of nitrogens with one attached hydrogen (secondary N) is 2. The number of carbonyl (C=O) groups excluding carboxylic acids is 1. The first-order valence-corrected chi connectivity index (χ1v) is 7.21. The molecule has 2 aliphatic rings. The third kappa shape index (κ3) is 3.04. The molecular weight excluding hydrogens is 256 g/mol. The molecule has 0 spiro atoms. The zero-order valence-corrected chi connectivity index (χ0v) is 11.5. The molecule has 5 nitrogen and oxygen atoms in total. The van der Waals surface area contributed by atoms with Crippen molar-refractivity contribution in [3.8, 4) is 11.5 Å². The van der Waals surface area contributed by atoms with Crippen LogP contribution >= 0.6 is 0 Å². The molecule has 1 fully saturated rings. The van der Waals surface area contributed by atoms with Gasteiger partial charge in [0.05, 0.1) is 0 Å². The van der Waals surface area contributed by atoms with Gasteiger partial charge in [-0.2, -0.15) is 0 Å². The van der Waals surface area contributed by atoms with Crippen molar-refractivity contribution >= 4 is 5.91 Å². The Morgan fingerprint density at radius 1 is 1.35 bits per heavy atom. The Hall–Kier alpha value is -1.75. The maximum Gasteiger partial charge on any atom is 0.251 e. The molecule has 2 aliphatic heterocycles. The smallest absolute Gasteiger partial charge is 0.251 e. The monoisotopic (exact) mass is 276 g/mol. The number of rotatable bonds is 4. The summed E-state index contributed by atoms with van der Waals surface area (Å²) >= 11 is 0. The molecule has 2 heterocycles. The lowest BCUT2D eigenvalue weighted by Crippen LogP contribution is -2.33. The van der Waals surface area contributed by atoms with Gasteiger partial charge in [0.15, 0.2) is 11.5 Å². The number of carbonyl (C=O) groups is 1. The van der Waals surface area contributed by atoms with Gasteiger partial charge in [-0.05, 0) is 56.5 Å². The van der Waals surface area contributed by atoms with Gasteiger partial charge in [0.2, 0.25) is 6.79 Å². The molecule has 1 unspecified atom stereocenters. The fourth-order valence-corrected chi connectivity index (χ4v) is 2.70. The number of benzene rings is 1. The summed E-state index contributed by atoms with van der Waals surface area (Å²) < 4.78 is 10.5. The van der Waals surface area contributed by atoms with Gasteiger partial charge in [-0.1, -0.05) is 0 Å². The van der Waals surface area contributed by atoms with Gasteiger partial charge in [0.25, 0.3) is 5.91 Å². The summed E-state index contributed by atoms with van der Waals surface area (Å²) in [6, 6.07) is 5.28. The van der Waals surface area contributed by atoms with Crippen LogP contribution in [-0.2, 0) is 0 Å². The van der Waals surface area contributed by atoms with E-state index >= 15 is 0 Å². The second kappa shape index (κ2) is 6.13. The summed E-state index contributed by atoms with van der Waals surface area (Å²) in [5.41, 5.74) is 0.621. The van der Waals surface area contributed by atoms with Crippen molar-refractivity contribution in [3.63, 3.8) is 0 Å². The van der Waals surface area contributed by atoms with E-state index in [1.165, 1.54) is 12.8 Å². The van der Waals surface area contributed by atoms with E-state index < -0.39 is 0 Å². The molecule has 1 aromatic rings. The third-order valence-electron chi connectivity index (χ3n) is 3.87. The summed E-state index contributed by atoms with van der Waals surface area (Å²) in [5.74, 6) is 1.98. The minimum Gasteiger partial charge on any atom is -0.454 e. The normalized spacial score (nSPS) is 20.7. The molecule has 5 heteroatoms. The standard InChI is InChI=1S/C15H20N2O3/c18-15(17-7-5-11-2-1-6-16-9-11)12-3-4-13-14(8-12)20-10-19-13/h3-4,8,11,16H,1-2,5-7,9-10H2,(H,17,18). The van der Waals surface area contributed by atoms with E-state index in [2.05, 4.69) is 10.6 Å². The summed E-state index contributed by atoms with van der Waals surface area (Å²) in [6.07, 6.45) is 3.52.